The zero-order valence-corrected chi connectivity index (χ0v) is 13.2. The Morgan fingerprint density at radius 2 is 2.14 bits per heavy atom. The van der Waals surface area contributed by atoms with Crippen LogP contribution in [0.2, 0.25) is 5.02 Å². The number of nitrogens with one attached hydrogen (secondary N) is 1. The van der Waals surface area contributed by atoms with E-state index in [9.17, 15) is 18.0 Å². The lowest BCUT2D eigenvalue weighted by Gasteiger charge is -2.11. The number of halogens is 5. The molecule has 2 aromatic rings. The van der Waals surface area contributed by atoms with Gasteiger partial charge in [0.25, 0.3) is 0 Å². The molecular formula is C12H8ClF3IN3O. The lowest BCUT2D eigenvalue weighted by Crippen LogP contribution is -2.19. The molecule has 0 saturated heterocycles. The van der Waals surface area contributed by atoms with Gasteiger partial charge in [0.05, 0.1) is 26.0 Å². The monoisotopic (exact) mass is 429 g/mol. The Hall–Kier alpha value is -1.29. The third kappa shape index (κ3) is 4.34. The van der Waals surface area contributed by atoms with Gasteiger partial charge in [0.1, 0.15) is 6.54 Å². The van der Waals surface area contributed by atoms with Crippen LogP contribution in [0.15, 0.2) is 30.6 Å². The molecular weight excluding hydrogens is 422 g/mol. The van der Waals surface area contributed by atoms with Crippen molar-refractivity contribution in [1.82, 2.24) is 9.78 Å². The molecule has 0 atom stereocenters. The average molecular weight is 430 g/mol. The average Bonchev–Trinajstić information content (AvgIpc) is 2.76. The van der Waals surface area contributed by atoms with Crippen molar-refractivity contribution >= 4 is 45.8 Å². The van der Waals surface area contributed by atoms with Crippen LogP contribution in [0.1, 0.15) is 5.56 Å². The Kier molecular flexibility index (Phi) is 4.77. The first-order valence-corrected chi connectivity index (χ1v) is 7.06. The first-order valence-electron chi connectivity index (χ1n) is 5.60. The maximum atomic E-state index is 12.6. The van der Waals surface area contributed by atoms with Crippen LogP contribution in [0.4, 0.5) is 18.9 Å². The molecule has 0 fully saturated rings. The van der Waals surface area contributed by atoms with Crippen molar-refractivity contribution in [3.05, 3.63) is 44.7 Å². The van der Waals surface area contributed by atoms with E-state index in [2.05, 4.69) is 10.4 Å². The molecule has 1 amide bonds. The van der Waals surface area contributed by atoms with Crippen molar-refractivity contribution in [2.24, 2.45) is 0 Å². The number of hydrogen-bond donors (Lipinski definition) is 1. The number of nitrogens with zero attached hydrogens (tertiary/aromatic N) is 2. The van der Waals surface area contributed by atoms with Crippen molar-refractivity contribution in [2.45, 2.75) is 12.7 Å². The molecule has 0 spiro atoms. The zero-order chi connectivity index (χ0) is 15.6. The van der Waals surface area contributed by atoms with E-state index in [-0.39, 0.29) is 17.3 Å². The van der Waals surface area contributed by atoms with Crippen molar-refractivity contribution in [2.75, 3.05) is 5.32 Å². The molecule has 112 valence electrons. The molecule has 0 aliphatic heterocycles. The molecule has 2 rings (SSSR count). The summed E-state index contributed by atoms with van der Waals surface area (Å²) >= 11 is 7.82. The fourth-order valence-electron chi connectivity index (χ4n) is 1.56. The second-order valence-electron chi connectivity index (χ2n) is 4.10. The summed E-state index contributed by atoms with van der Waals surface area (Å²) in [5.74, 6) is -0.518. The van der Waals surface area contributed by atoms with E-state index in [0.717, 1.165) is 21.8 Å². The molecule has 0 bridgehead atoms. The van der Waals surface area contributed by atoms with Gasteiger partial charge < -0.3 is 5.32 Å². The molecule has 21 heavy (non-hydrogen) atoms. The predicted molar refractivity (Wildman–Crippen MR) is 80.0 cm³/mol. The second kappa shape index (κ2) is 6.22. The number of aromatic nitrogens is 2. The summed E-state index contributed by atoms with van der Waals surface area (Å²) in [6, 6.07) is 2.75. The number of carbonyl (C=O) groups excluding carboxylic acids is 1. The molecule has 1 aromatic carbocycles. The minimum atomic E-state index is -4.50. The number of rotatable bonds is 3. The molecule has 1 aromatic heterocycles. The molecule has 0 saturated carbocycles. The van der Waals surface area contributed by atoms with Crippen molar-refractivity contribution < 1.29 is 18.0 Å². The van der Waals surface area contributed by atoms with E-state index in [1.165, 1.54) is 4.68 Å². The fraction of sp³-hybridized carbons (Fsp3) is 0.167. The van der Waals surface area contributed by atoms with E-state index in [0.29, 0.717) is 0 Å². The highest BCUT2D eigenvalue weighted by molar-refractivity contribution is 14.1. The maximum absolute atomic E-state index is 12.6. The maximum Gasteiger partial charge on any atom is 0.416 e. The van der Waals surface area contributed by atoms with E-state index in [1.807, 2.05) is 22.6 Å². The lowest BCUT2D eigenvalue weighted by atomic mass is 10.2. The van der Waals surface area contributed by atoms with Gasteiger partial charge in [-0.15, -0.1) is 0 Å². The molecule has 4 nitrogen and oxygen atoms in total. The van der Waals surface area contributed by atoms with Crippen molar-refractivity contribution in [1.29, 1.82) is 0 Å². The minimum absolute atomic E-state index is 0.0337. The van der Waals surface area contributed by atoms with Crippen LogP contribution >= 0.6 is 34.2 Å². The Bertz CT molecular complexity index is 672. The van der Waals surface area contributed by atoms with Crippen LogP contribution in [0.5, 0.6) is 0 Å². The molecule has 0 aliphatic carbocycles. The van der Waals surface area contributed by atoms with Gasteiger partial charge in [0.15, 0.2) is 0 Å². The third-order valence-electron chi connectivity index (χ3n) is 2.48. The normalized spacial score (nSPS) is 11.5. The standard InChI is InChI=1S/C12H8ClF3IN3O/c13-9-2-1-7(12(14,15)16)3-10(9)19-11(21)6-20-5-8(17)4-18-20/h1-5H,6H2,(H,19,21). The molecule has 1 heterocycles. The molecule has 0 radical (unpaired) electrons. The number of carbonyl (C=O) groups is 1. The Morgan fingerprint density at radius 3 is 2.71 bits per heavy atom. The van der Waals surface area contributed by atoms with Crippen LogP contribution in [-0.2, 0) is 17.5 Å². The minimum Gasteiger partial charge on any atom is -0.323 e. The van der Waals surface area contributed by atoms with Gasteiger partial charge in [-0.05, 0) is 40.8 Å². The van der Waals surface area contributed by atoms with Gasteiger partial charge in [-0.25, -0.2) is 0 Å². The summed E-state index contributed by atoms with van der Waals surface area (Å²) in [4.78, 5) is 11.8. The lowest BCUT2D eigenvalue weighted by molar-refractivity contribution is -0.137. The summed E-state index contributed by atoms with van der Waals surface area (Å²) < 4.78 is 40.1. The van der Waals surface area contributed by atoms with Gasteiger partial charge in [0.2, 0.25) is 5.91 Å². The van der Waals surface area contributed by atoms with Gasteiger partial charge in [0, 0.05) is 6.20 Å². The van der Waals surface area contributed by atoms with Crippen molar-refractivity contribution in [3.8, 4) is 0 Å². The highest BCUT2D eigenvalue weighted by Gasteiger charge is 2.31. The highest BCUT2D eigenvalue weighted by Crippen LogP contribution is 2.33. The third-order valence-corrected chi connectivity index (χ3v) is 3.36. The second-order valence-corrected chi connectivity index (χ2v) is 5.75. The summed E-state index contributed by atoms with van der Waals surface area (Å²) in [6.07, 6.45) is -1.30. The fourth-order valence-corrected chi connectivity index (χ4v) is 2.17. The first kappa shape index (κ1) is 16.1. The highest BCUT2D eigenvalue weighted by atomic mass is 127. The SMILES string of the molecule is O=C(Cn1cc(I)cn1)Nc1cc(C(F)(F)F)ccc1Cl. The summed E-state index contributed by atoms with van der Waals surface area (Å²) in [7, 11) is 0. The van der Waals surface area contributed by atoms with E-state index in [4.69, 9.17) is 11.6 Å². The largest absolute Gasteiger partial charge is 0.416 e. The molecule has 0 aliphatic rings. The quantitative estimate of drug-likeness (QED) is 0.755. The number of hydrogen-bond acceptors (Lipinski definition) is 2. The molecule has 0 unspecified atom stereocenters. The molecule has 1 N–H and O–H groups in total. The topological polar surface area (TPSA) is 46.9 Å². The predicted octanol–water partition coefficient (Wildman–Crippen LogP) is 3.80. The number of anilines is 1. The first-order chi connectivity index (χ1) is 9.75. The summed E-state index contributed by atoms with van der Waals surface area (Å²) in [5, 5.41) is 6.29. The smallest absolute Gasteiger partial charge is 0.323 e. The van der Waals surface area contributed by atoms with Gasteiger partial charge in [-0.2, -0.15) is 18.3 Å². The van der Waals surface area contributed by atoms with Gasteiger partial charge in [-0.1, -0.05) is 11.6 Å². The van der Waals surface area contributed by atoms with Crippen LogP contribution in [0, 0.1) is 3.57 Å². The van der Waals surface area contributed by atoms with Crippen LogP contribution in [-0.4, -0.2) is 15.7 Å². The van der Waals surface area contributed by atoms with Gasteiger partial charge in [-0.3, -0.25) is 9.48 Å². The summed E-state index contributed by atoms with van der Waals surface area (Å²) in [6.45, 7) is -0.116. The Balaban J connectivity index is 2.13. The van der Waals surface area contributed by atoms with Crippen LogP contribution in [0.3, 0.4) is 0 Å². The Morgan fingerprint density at radius 1 is 1.43 bits per heavy atom. The van der Waals surface area contributed by atoms with Crippen molar-refractivity contribution in [3.63, 3.8) is 0 Å². The Labute approximate surface area is 136 Å². The summed E-state index contributed by atoms with van der Waals surface area (Å²) in [5.41, 5.74) is -0.964. The van der Waals surface area contributed by atoms with E-state index in [1.54, 1.807) is 12.4 Å². The van der Waals surface area contributed by atoms with E-state index < -0.39 is 17.6 Å². The van der Waals surface area contributed by atoms with Crippen LogP contribution < -0.4 is 5.32 Å². The molecule has 9 heteroatoms. The van der Waals surface area contributed by atoms with E-state index >= 15 is 0 Å². The number of alkyl halides is 3. The number of benzene rings is 1. The zero-order valence-electron chi connectivity index (χ0n) is 10.3. The number of amides is 1. The van der Waals surface area contributed by atoms with Crippen LogP contribution in [0.25, 0.3) is 0 Å². The van der Waals surface area contributed by atoms with Gasteiger partial charge >= 0.3 is 6.18 Å².